The first-order valence-electron chi connectivity index (χ1n) is 7.12. The second kappa shape index (κ2) is 6.67. The topological polar surface area (TPSA) is 55.3 Å². The summed E-state index contributed by atoms with van der Waals surface area (Å²) >= 11 is 1.31. The van der Waals surface area contributed by atoms with Gasteiger partial charge >= 0.3 is 5.97 Å². The van der Waals surface area contributed by atoms with Crippen LogP contribution in [0.5, 0.6) is 0 Å². The maximum absolute atomic E-state index is 12.0. The Kier molecular flexibility index (Phi) is 4.45. The first kappa shape index (κ1) is 14.0. The molecule has 0 spiro atoms. The predicted octanol–water partition coefficient (Wildman–Crippen LogP) is 2.89. The van der Waals surface area contributed by atoms with Gasteiger partial charge in [-0.1, -0.05) is 41.7 Å². The third kappa shape index (κ3) is 3.58. The van der Waals surface area contributed by atoms with E-state index in [1.807, 2.05) is 30.3 Å². The fraction of sp³-hybridized carbons (Fsp3) is 0.400. The van der Waals surface area contributed by atoms with Crippen LogP contribution in [0.3, 0.4) is 0 Å². The molecule has 0 unspecified atom stereocenters. The number of ether oxygens (including phenoxy) is 1. The molecule has 2 aromatic rings. The highest BCUT2D eigenvalue weighted by atomic mass is 32.1. The van der Waals surface area contributed by atoms with Crippen molar-refractivity contribution in [3.8, 4) is 0 Å². The van der Waals surface area contributed by atoms with Gasteiger partial charge < -0.3 is 9.64 Å². The van der Waals surface area contributed by atoms with Crippen LogP contribution in [-0.4, -0.2) is 29.3 Å². The number of esters is 1. The lowest BCUT2D eigenvalue weighted by atomic mass is 10.1. The average Bonchev–Trinajstić information content (AvgIpc) is 3.04. The number of hydrogen-bond acceptors (Lipinski definition) is 6. The van der Waals surface area contributed by atoms with E-state index < -0.39 is 5.97 Å². The van der Waals surface area contributed by atoms with Crippen LogP contribution in [0.4, 0.5) is 5.13 Å². The molecular formula is C15H17N3O2S. The molecule has 1 aliphatic rings. The molecule has 0 atom stereocenters. The largest absolute Gasteiger partial charge is 0.455 e. The lowest BCUT2D eigenvalue weighted by Crippen LogP contribution is -2.29. The number of nitrogens with zero attached hydrogens (tertiary/aromatic N) is 3. The molecule has 1 aromatic heterocycles. The Bertz CT molecular complexity index is 594. The lowest BCUT2D eigenvalue weighted by molar-refractivity contribution is 0.0471. The minimum Gasteiger partial charge on any atom is -0.455 e. The lowest BCUT2D eigenvalue weighted by Gasteiger charge is -2.25. The highest BCUT2D eigenvalue weighted by Gasteiger charge is 2.19. The van der Waals surface area contributed by atoms with E-state index in [1.165, 1.54) is 30.6 Å². The highest BCUT2D eigenvalue weighted by molar-refractivity contribution is 7.17. The Hall–Kier alpha value is -1.95. The summed E-state index contributed by atoms with van der Waals surface area (Å²) in [6, 6.07) is 9.62. The normalized spacial score (nSPS) is 15.0. The first-order chi connectivity index (χ1) is 10.3. The fourth-order valence-electron chi connectivity index (χ4n) is 2.30. The van der Waals surface area contributed by atoms with Gasteiger partial charge in [0.2, 0.25) is 10.1 Å². The van der Waals surface area contributed by atoms with Crippen molar-refractivity contribution in [1.82, 2.24) is 10.2 Å². The second-order valence-corrected chi connectivity index (χ2v) is 5.96. The summed E-state index contributed by atoms with van der Waals surface area (Å²) in [4.78, 5) is 14.2. The fourth-order valence-corrected chi connectivity index (χ4v) is 3.09. The summed E-state index contributed by atoms with van der Waals surface area (Å²) in [5, 5.41) is 9.21. The summed E-state index contributed by atoms with van der Waals surface area (Å²) in [5.74, 6) is -0.403. The molecule has 1 aromatic carbocycles. The molecule has 21 heavy (non-hydrogen) atoms. The molecule has 1 fully saturated rings. The van der Waals surface area contributed by atoms with E-state index in [9.17, 15) is 4.79 Å². The number of hydrogen-bond donors (Lipinski definition) is 0. The van der Waals surface area contributed by atoms with E-state index in [-0.39, 0.29) is 6.61 Å². The molecule has 0 saturated carbocycles. The van der Waals surface area contributed by atoms with Crippen LogP contribution in [0.1, 0.15) is 34.6 Å². The molecule has 0 amide bonds. The van der Waals surface area contributed by atoms with Gasteiger partial charge in [-0.25, -0.2) is 4.79 Å². The molecule has 5 nitrogen and oxygen atoms in total. The molecule has 1 aliphatic heterocycles. The predicted molar refractivity (Wildman–Crippen MR) is 81.5 cm³/mol. The summed E-state index contributed by atoms with van der Waals surface area (Å²) < 4.78 is 5.27. The third-order valence-corrected chi connectivity index (χ3v) is 4.39. The Morgan fingerprint density at radius 2 is 1.90 bits per heavy atom. The van der Waals surface area contributed by atoms with Gasteiger partial charge in [0.05, 0.1) is 0 Å². The van der Waals surface area contributed by atoms with E-state index in [2.05, 4.69) is 15.1 Å². The van der Waals surface area contributed by atoms with Crippen molar-refractivity contribution >= 4 is 22.4 Å². The molecule has 0 aliphatic carbocycles. The Morgan fingerprint density at radius 1 is 1.14 bits per heavy atom. The van der Waals surface area contributed by atoms with Crippen LogP contribution in [0, 0.1) is 0 Å². The number of anilines is 1. The molecule has 0 N–H and O–H groups in total. The highest BCUT2D eigenvalue weighted by Crippen LogP contribution is 2.24. The molecule has 0 bridgehead atoms. The van der Waals surface area contributed by atoms with Gasteiger partial charge in [-0.05, 0) is 24.8 Å². The smallest absolute Gasteiger partial charge is 0.369 e. The minimum atomic E-state index is -0.403. The molecule has 6 heteroatoms. The minimum absolute atomic E-state index is 0.262. The maximum atomic E-state index is 12.0. The van der Waals surface area contributed by atoms with Crippen molar-refractivity contribution in [1.29, 1.82) is 0 Å². The van der Waals surface area contributed by atoms with E-state index in [1.54, 1.807) is 0 Å². The van der Waals surface area contributed by atoms with Crippen LogP contribution >= 0.6 is 11.3 Å². The van der Waals surface area contributed by atoms with Crippen LogP contribution < -0.4 is 4.90 Å². The molecule has 3 rings (SSSR count). The number of carbonyl (C=O) groups excluding carboxylic acids is 1. The Balaban J connectivity index is 1.59. The van der Waals surface area contributed by atoms with Crippen LogP contribution in [-0.2, 0) is 11.3 Å². The van der Waals surface area contributed by atoms with Crippen LogP contribution in [0.2, 0.25) is 0 Å². The van der Waals surface area contributed by atoms with Gasteiger partial charge in [-0.3, -0.25) is 0 Å². The van der Waals surface area contributed by atoms with E-state index in [0.29, 0.717) is 5.01 Å². The zero-order valence-electron chi connectivity index (χ0n) is 11.7. The van der Waals surface area contributed by atoms with Gasteiger partial charge in [-0.2, -0.15) is 0 Å². The Labute approximate surface area is 127 Å². The number of piperidine rings is 1. The summed E-state index contributed by atoms with van der Waals surface area (Å²) in [5.41, 5.74) is 0.964. The monoisotopic (exact) mass is 303 g/mol. The maximum Gasteiger partial charge on any atom is 0.369 e. The third-order valence-electron chi connectivity index (χ3n) is 3.43. The van der Waals surface area contributed by atoms with Crippen molar-refractivity contribution < 1.29 is 9.53 Å². The van der Waals surface area contributed by atoms with Crippen molar-refractivity contribution in [2.75, 3.05) is 18.0 Å². The van der Waals surface area contributed by atoms with Crippen molar-refractivity contribution in [2.45, 2.75) is 25.9 Å². The standard InChI is InChI=1S/C15H17N3O2S/c19-14(20-11-12-7-3-1-4-8-12)13-16-17-15(21-13)18-9-5-2-6-10-18/h1,3-4,7-8H,2,5-6,9-11H2. The molecule has 110 valence electrons. The summed E-state index contributed by atoms with van der Waals surface area (Å²) in [6.07, 6.45) is 3.61. The number of benzene rings is 1. The van der Waals surface area contributed by atoms with Crippen molar-refractivity contribution in [3.05, 3.63) is 40.9 Å². The van der Waals surface area contributed by atoms with Crippen LogP contribution in [0.25, 0.3) is 0 Å². The number of rotatable bonds is 4. The molecular weight excluding hydrogens is 286 g/mol. The second-order valence-electron chi connectivity index (χ2n) is 5.00. The number of carbonyl (C=O) groups is 1. The summed E-state index contributed by atoms with van der Waals surface area (Å²) in [6.45, 7) is 2.25. The Morgan fingerprint density at radius 3 is 2.67 bits per heavy atom. The van der Waals surface area contributed by atoms with Gasteiger partial charge in [0, 0.05) is 13.1 Å². The average molecular weight is 303 g/mol. The van der Waals surface area contributed by atoms with E-state index in [4.69, 9.17) is 4.74 Å². The molecule has 2 heterocycles. The zero-order chi connectivity index (χ0) is 14.5. The van der Waals surface area contributed by atoms with Gasteiger partial charge in [0.1, 0.15) is 6.61 Å². The van der Waals surface area contributed by atoms with Gasteiger partial charge in [0.15, 0.2) is 0 Å². The quantitative estimate of drug-likeness (QED) is 0.813. The first-order valence-corrected chi connectivity index (χ1v) is 7.94. The zero-order valence-corrected chi connectivity index (χ0v) is 12.5. The van der Waals surface area contributed by atoms with Gasteiger partial charge in [0.25, 0.3) is 0 Å². The SMILES string of the molecule is O=C(OCc1ccccc1)c1nnc(N2CCCCC2)s1. The number of aromatic nitrogens is 2. The summed E-state index contributed by atoms with van der Waals surface area (Å²) in [7, 11) is 0. The van der Waals surface area contributed by atoms with E-state index >= 15 is 0 Å². The van der Waals surface area contributed by atoms with Crippen molar-refractivity contribution in [2.24, 2.45) is 0 Å². The van der Waals surface area contributed by atoms with E-state index in [0.717, 1.165) is 23.8 Å². The molecule has 1 saturated heterocycles. The van der Waals surface area contributed by atoms with Crippen molar-refractivity contribution in [3.63, 3.8) is 0 Å². The van der Waals surface area contributed by atoms with Gasteiger partial charge in [-0.15, -0.1) is 10.2 Å². The molecule has 0 radical (unpaired) electrons. The van der Waals surface area contributed by atoms with Crippen LogP contribution in [0.15, 0.2) is 30.3 Å².